The Morgan fingerprint density at radius 3 is 2.44 bits per heavy atom. The second-order valence-electron chi connectivity index (χ2n) is 6.59. The Balaban J connectivity index is 1.44. The molecule has 0 radical (unpaired) electrons. The third-order valence-corrected chi connectivity index (χ3v) is 5.62. The summed E-state index contributed by atoms with van der Waals surface area (Å²) in [6.45, 7) is 4.25. The molecule has 0 bridgehead atoms. The minimum atomic E-state index is -0.323. The smallest absolute Gasteiger partial charge is 0.170 e. The number of hydrogen-bond acceptors (Lipinski definition) is 4. The first kappa shape index (κ1) is 17.3. The van der Waals surface area contributed by atoms with Gasteiger partial charge in [0.05, 0.1) is 23.3 Å². The number of benzene rings is 1. The Morgan fingerprint density at radius 1 is 0.960 bits per heavy atom. The highest BCUT2D eigenvalue weighted by Crippen LogP contribution is 2.32. The third kappa shape index (κ3) is 3.83. The highest BCUT2D eigenvalue weighted by atomic mass is 35.5. The summed E-state index contributed by atoms with van der Waals surface area (Å²) in [5.41, 5.74) is 3.26. The van der Waals surface area contributed by atoms with Gasteiger partial charge in [0, 0.05) is 50.4 Å². The van der Waals surface area contributed by atoms with E-state index in [0.717, 1.165) is 56.8 Å². The largest absolute Gasteiger partial charge is 0.347 e. The van der Waals surface area contributed by atoms with Crippen LogP contribution in [-0.4, -0.2) is 42.0 Å². The standard InChI is InChI=1S/C19H20Cl2N2O2/c20-17-2-1-15(10-18(17)21)16-9-14(11-22-12-16)13-23-5-3-19(4-6-23)24-7-8-25-19/h1-2,9-12H,3-8,13H2. The molecule has 4 nitrogen and oxygen atoms in total. The van der Waals surface area contributed by atoms with Crippen molar-refractivity contribution < 1.29 is 9.47 Å². The first-order chi connectivity index (χ1) is 12.1. The van der Waals surface area contributed by atoms with Crippen LogP contribution in [0.15, 0.2) is 36.7 Å². The molecule has 0 aliphatic carbocycles. The van der Waals surface area contributed by atoms with E-state index in [-0.39, 0.29) is 5.79 Å². The molecule has 0 saturated carbocycles. The number of hydrogen-bond donors (Lipinski definition) is 0. The molecule has 0 atom stereocenters. The second kappa shape index (κ2) is 7.22. The highest BCUT2D eigenvalue weighted by Gasteiger charge is 2.39. The normalized spacial score (nSPS) is 20.2. The fourth-order valence-corrected chi connectivity index (χ4v) is 3.80. The Morgan fingerprint density at radius 2 is 1.72 bits per heavy atom. The van der Waals surface area contributed by atoms with Crippen molar-refractivity contribution in [2.75, 3.05) is 26.3 Å². The first-order valence-electron chi connectivity index (χ1n) is 8.53. The first-order valence-corrected chi connectivity index (χ1v) is 9.29. The molecule has 132 valence electrons. The van der Waals surface area contributed by atoms with Gasteiger partial charge in [0.2, 0.25) is 0 Å². The van der Waals surface area contributed by atoms with Gasteiger partial charge in [-0.1, -0.05) is 29.3 Å². The van der Waals surface area contributed by atoms with E-state index in [2.05, 4.69) is 16.0 Å². The van der Waals surface area contributed by atoms with Crippen LogP contribution in [0.5, 0.6) is 0 Å². The predicted molar refractivity (Wildman–Crippen MR) is 98.8 cm³/mol. The molecular formula is C19H20Cl2N2O2. The molecule has 1 aromatic carbocycles. The lowest BCUT2D eigenvalue weighted by Gasteiger charge is -2.37. The van der Waals surface area contributed by atoms with Gasteiger partial charge in [-0.25, -0.2) is 0 Å². The second-order valence-corrected chi connectivity index (χ2v) is 7.41. The van der Waals surface area contributed by atoms with Gasteiger partial charge in [0.15, 0.2) is 5.79 Å². The Hall–Kier alpha value is -1.17. The lowest BCUT2D eigenvalue weighted by Crippen LogP contribution is -2.44. The van der Waals surface area contributed by atoms with Crippen molar-refractivity contribution in [3.63, 3.8) is 0 Å². The zero-order valence-electron chi connectivity index (χ0n) is 13.9. The molecule has 2 aliphatic rings. The van der Waals surface area contributed by atoms with Gasteiger partial charge in [-0.05, 0) is 29.3 Å². The summed E-state index contributed by atoms with van der Waals surface area (Å²) in [5, 5.41) is 1.12. The van der Waals surface area contributed by atoms with Gasteiger partial charge in [0.1, 0.15) is 0 Å². The topological polar surface area (TPSA) is 34.6 Å². The zero-order valence-corrected chi connectivity index (χ0v) is 15.4. The summed E-state index contributed by atoms with van der Waals surface area (Å²) >= 11 is 12.1. The summed E-state index contributed by atoms with van der Waals surface area (Å²) < 4.78 is 11.6. The van der Waals surface area contributed by atoms with Gasteiger partial charge >= 0.3 is 0 Å². The van der Waals surface area contributed by atoms with E-state index in [0.29, 0.717) is 10.0 Å². The van der Waals surface area contributed by atoms with Crippen molar-refractivity contribution >= 4 is 23.2 Å². The average Bonchev–Trinajstić information content (AvgIpc) is 3.08. The van der Waals surface area contributed by atoms with Crippen LogP contribution in [0.1, 0.15) is 18.4 Å². The molecule has 4 rings (SSSR count). The van der Waals surface area contributed by atoms with E-state index < -0.39 is 0 Å². The van der Waals surface area contributed by atoms with Crippen molar-refractivity contribution in [2.45, 2.75) is 25.2 Å². The summed E-state index contributed by atoms with van der Waals surface area (Å²) in [5.74, 6) is -0.323. The third-order valence-electron chi connectivity index (χ3n) is 4.89. The lowest BCUT2D eigenvalue weighted by atomic mass is 10.0. The number of likely N-dealkylation sites (tertiary alicyclic amines) is 1. The Bertz CT molecular complexity index is 753. The van der Waals surface area contributed by atoms with E-state index >= 15 is 0 Å². The molecule has 1 aromatic heterocycles. The van der Waals surface area contributed by atoms with E-state index in [1.165, 1.54) is 5.56 Å². The molecule has 25 heavy (non-hydrogen) atoms. The van der Waals surface area contributed by atoms with Crippen LogP contribution < -0.4 is 0 Å². The SMILES string of the molecule is Clc1ccc(-c2cncc(CN3CCC4(CC3)OCCO4)c2)cc1Cl. The van der Waals surface area contributed by atoms with Crippen molar-refractivity contribution in [1.29, 1.82) is 0 Å². The van der Waals surface area contributed by atoms with Crippen LogP contribution in [0.4, 0.5) is 0 Å². The van der Waals surface area contributed by atoms with Crippen LogP contribution in [0.3, 0.4) is 0 Å². The molecule has 0 unspecified atom stereocenters. The predicted octanol–water partition coefficient (Wildman–Crippen LogP) is 4.39. The Kier molecular flexibility index (Phi) is 4.98. The maximum absolute atomic E-state index is 6.13. The fraction of sp³-hybridized carbons (Fsp3) is 0.421. The number of halogens is 2. The number of pyridine rings is 1. The van der Waals surface area contributed by atoms with E-state index in [1.54, 1.807) is 0 Å². The molecule has 2 aliphatic heterocycles. The summed E-state index contributed by atoms with van der Waals surface area (Å²) in [4.78, 5) is 6.82. The number of ether oxygens (including phenoxy) is 2. The molecule has 3 heterocycles. The number of rotatable bonds is 3. The number of nitrogens with zero attached hydrogens (tertiary/aromatic N) is 2. The maximum Gasteiger partial charge on any atom is 0.170 e. The summed E-state index contributed by atoms with van der Waals surface area (Å²) in [6.07, 6.45) is 5.63. The van der Waals surface area contributed by atoms with E-state index in [1.807, 2.05) is 30.6 Å². The highest BCUT2D eigenvalue weighted by molar-refractivity contribution is 6.42. The van der Waals surface area contributed by atoms with Crippen molar-refractivity contribution in [3.8, 4) is 11.1 Å². The minimum Gasteiger partial charge on any atom is -0.347 e. The lowest BCUT2D eigenvalue weighted by molar-refractivity contribution is -0.185. The van der Waals surface area contributed by atoms with Crippen molar-refractivity contribution in [1.82, 2.24) is 9.88 Å². The minimum absolute atomic E-state index is 0.323. The van der Waals surface area contributed by atoms with Gasteiger partial charge in [-0.2, -0.15) is 0 Å². The number of piperidine rings is 1. The maximum atomic E-state index is 6.13. The zero-order chi connectivity index (χ0) is 17.3. The molecular weight excluding hydrogens is 359 g/mol. The quantitative estimate of drug-likeness (QED) is 0.792. The summed E-state index contributed by atoms with van der Waals surface area (Å²) in [7, 11) is 0. The van der Waals surface area contributed by atoms with Gasteiger partial charge in [0.25, 0.3) is 0 Å². The van der Waals surface area contributed by atoms with Gasteiger partial charge < -0.3 is 9.47 Å². The molecule has 2 saturated heterocycles. The fourth-order valence-electron chi connectivity index (χ4n) is 3.50. The molecule has 0 N–H and O–H groups in total. The van der Waals surface area contributed by atoms with Gasteiger partial charge in [-0.3, -0.25) is 9.88 Å². The van der Waals surface area contributed by atoms with E-state index in [9.17, 15) is 0 Å². The monoisotopic (exact) mass is 378 g/mol. The molecule has 1 spiro atoms. The van der Waals surface area contributed by atoms with Crippen LogP contribution in [0.25, 0.3) is 11.1 Å². The number of aromatic nitrogens is 1. The van der Waals surface area contributed by atoms with Gasteiger partial charge in [-0.15, -0.1) is 0 Å². The average molecular weight is 379 g/mol. The Labute approximate surface area is 157 Å². The summed E-state index contributed by atoms with van der Waals surface area (Å²) in [6, 6.07) is 7.83. The molecule has 6 heteroatoms. The van der Waals surface area contributed by atoms with Crippen molar-refractivity contribution in [2.24, 2.45) is 0 Å². The van der Waals surface area contributed by atoms with Crippen LogP contribution in [-0.2, 0) is 16.0 Å². The molecule has 0 amide bonds. The molecule has 2 fully saturated rings. The molecule has 2 aromatic rings. The van der Waals surface area contributed by atoms with E-state index in [4.69, 9.17) is 32.7 Å². The van der Waals surface area contributed by atoms with Crippen molar-refractivity contribution in [3.05, 3.63) is 52.3 Å². The van der Waals surface area contributed by atoms with Crippen LogP contribution in [0, 0.1) is 0 Å². The van der Waals surface area contributed by atoms with Crippen LogP contribution >= 0.6 is 23.2 Å². The van der Waals surface area contributed by atoms with Crippen LogP contribution in [0.2, 0.25) is 10.0 Å².